The number of anilines is 1. The molecule has 0 radical (unpaired) electrons. The number of nitrogens with zero attached hydrogens (tertiary/aromatic N) is 1. The molecule has 1 unspecified atom stereocenters. The lowest BCUT2D eigenvalue weighted by molar-refractivity contribution is 0.123. The number of amides is 2. The van der Waals surface area contributed by atoms with Gasteiger partial charge in [0.1, 0.15) is 5.82 Å². The lowest BCUT2D eigenvalue weighted by Gasteiger charge is -2.26. The number of rotatable bonds is 5. The third-order valence-electron chi connectivity index (χ3n) is 4.50. The predicted octanol–water partition coefficient (Wildman–Crippen LogP) is 4.17. The molecule has 0 spiro atoms. The second kappa shape index (κ2) is 7.23. The molecule has 0 heterocycles. The summed E-state index contributed by atoms with van der Waals surface area (Å²) in [7, 11) is 0. The number of halogens is 1. The van der Waals surface area contributed by atoms with Crippen LogP contribution in [0.1, 0.15) is 35.6 Å². The maximum atomic E-state index is 13.0. The fraction of sp³-hybridized carbons (Fsp3) is 0.350. The predicted molar refractivity (Wildman–Crippen MR) is 96.0 cm³/mol. The van der Waals surface area contributed by atoms with E-state index in [2.05, 4.69) is 5.32 Å². The van der Waals surface area contributed by atoms with Gasteiger partial charge in [0, 0.05) is 11.7 Å². The molecule has 2 amide bonds. The zero-order chi connectivity index (χ0) is 18.0. The molecule has 5 heteroatoms. The number of nitrogens with one attached hydrogen (secondary N) is 1. The summed E-state index contributed by atoms with van der Waals surface area (Å²) in [5.41, 5.74) is 3.52. The Hall–Kier alpha value is -2.40. The van der Waals surface area contributed by atoms with Crippen LogP contribution >= 0.6 is 0 Å². The number of urea groups is 1. The summed E-state index contributed by atoms with van der Waals surface area (Å²) in [5.74, 6) is -0.345. The Bertz CT molecular complexity index is 757. The third kappa shape index (κ3) is 4.37. The first-order chi connectivity index (χ1) is 11.9. The van der Waals surface area contributed by atoms with Crippen molar-refractivity contribution < 1.29 is 14.3 Å². The van der Waals surface area contributed by atoms with E-state index in [4.69, 9.17) is 0 Å². The Kier molecular flexibility index (Phi) is 5.04. The van der Waals surface area contributed by atoms with Crippen LogP contribution in [-0.2, 0) is 0 Å². The summed E-state index contributed by atoms with van der Waals surface area (Å²) in [5, 5.41) is 13.4. The van der Waals surface area contributed by atoms with Gasteiger partial charge in [0.05, 0.1) is 12.6 Å². The molecule has 0 aromatic heterocycles. The first-order valence-electron chi connectivity index (χ1n) is 8.52. The number of aliphatic hydroxyl groups excluding tert-OH is 1. The van der Waals surface area contributed by atoms with E-state index in [9.17, 15) is 14.3 Å². The summed E-state index contributed by atoms with van der Waals surface area (Å²) in [6.07, 6.45) is 1.04. The minimum atomic E-state index is -0.842. The summed E-state index contributed by atoms with van der Waals surface area (Å²) >= 11 is 0. The Labute approximate surface area is 147 Å². The molecular weight excluding hydrogens is 319 g/mol. The summed E-state index contributed by atoms with van der Waals surface area (Å²) in [6, 6.07) is 11.5. The zero-order valence-corrected chi connectivity index (χ0v) is 14.5. The van der Waals surface area contributed by atoms with Crippen molar-refractivity contribution in [3.63, 3.8) is 0 Å². The second-order valence-electron chi connectivity index (χ2n) is 6.70. The average Bonchev–Trinajstić information content (AvgIpc) is 3.40. The number of carbonyl (C=O) groups is 1. The van der Waals surface area contributed by atoms with Crippen LogP contribution in [0.4, 0.5) is 14.9 Å². The van der Waals surface area contributed by atoms with Crippen molar-refractivity contribution in [2.75, 3.05) is 11.9 Å². The molecule has 1 aliphatic carbocycles. The lowest BCUT2D eigenvalue weighted by atomic mass is 10.1. The van der Waals surface area contributed by atoms with Crippen molar-refractivity contribution in [1.29, 1.82) is 0 Å². The van der Waals surface area contributed by atoms with Gasteiger partial charge in [-0.2, -0.15) is 0 Å². The van der Waals surface area contributed by atoms with Gasteiger partial charge in [0.15, 0.2) is 0 Å². The van der Waals surface area contributed by atoms with Crippen LogP contribution in [0.2, 0.25) is 0 Å². The van der Waals surface area contributed by atoms with Gasteiger partial charge >= 0.3 is 6.03 Å². The minimum absolute atomic E-state index is 0.154. The van der Waals surface area contributed by atoms with Gasteiger partial charge in [-0.1, -0.05) is 29.8 Å². The fourth-order valence-corrected chi connectivity index (χ4v) is 2.90. The minimum Gasteiger partial charge on any atom is -0.387 e. The number of carbonyl (C=O) groups excluding carboxylic acids is 1. The van der Waals surface area contributed by atoms with Crippen LogP contribution in [-0.4, -0.2) is 28.6 Å². The standard InChI is InChI=1S/C20H23FN2O2/c1-13-3-10-18(14(2)11-13)22-20(25)23(17-8-9-17)12-19(24)15-4-6-16(21)7-5-15/h3-7,10-11,17,19,24H,8-9,12H2,1-2H3,(H,22,25). The number of benzene rings is 2. The normalized spacial score (nSPS) is 14.9. The van der Waals surface area contributed by atoms with Gasteiger partial charge < -0.3 is 15.3 Å². The molecule has 0 saturated heterocycles. The van der Waals surface area contributed by atoms with Crippen molar-refractivity contribution in [3.8, 4) is 0 Å². The largest absolute Gasteiger partial charge is 0.387 e. The van der Waals surface area contributed by atoms with Gasteiger partial charge in [-0.25, -0.2) is 9.18 Å². The first kappa shape index (κ1) is 17.4. The van der Waals surface area contributed by atoms with Gasteiger partial charge in [0.25, 0.3) is 0 Å². The SMILES string of the molecule is Cc1ccc(NC(=O)N(CC(O)c2ccc(F)cc2)C2CC2)c(C)c1. The highest BCUT2D eigenvalue weighted by atomic mass is 19.1. The van der Waals surface area contributed by atoms with Crippen LogP contribution in [0.15, 0.2) is 42.5 Å². The van der Waals surface area contributed by atoms with Crippen LogP contribution in [0, 0.1) is 19.7 Å². The van der Waals surface area contributed by atoms with E-state index >= 15 is 0 Å². The Morgan fingerprint density at radius 3 is 2.52 bits per heavy atom. The van der Waals surface area contributed by atoms with E-state index < -0.39 is 6.10 Å². The van der Waals surface area contributed by atoms with Crippen molar-refractivity contribution in [1.82, 2.24) is 4.90 Å². The maximum absolute atomic E-state index is 13.0. The number of hydrogen-bond donors (Lipinski definition) is 2. The highest BCUT2D eigenvalue weighted by Gasteiger charge is 2.34. The maximum Gasteiger partial charge on any atom is 0.322 e. The molecule has 1 atom stereocenters. The van der Waals surface area contributed by atoms with Gasteiger partial charge in [0.2, 0.25) is 0 Å². The molecule has 3 rings (SSSR count). The average molecular weight is 342 g/mol. The fourth-order valence-electron chi connectivity index (χ4n) is 2.90. The molecule has 2 N–H and O–H groups in total. The number of aliphatic hydroxyl groups is 1. The quantitative estimate of drug-likeness (QED) is 0.857. The van der Waals surface area contributed by atoms with E-state index in [1.807, 2.05) is 32.0 Å². The van der Waals surface area contributed by atoms with E-state index in [1.165, 1.54) is 12.1 Å². The summed E-state index contributed by atoms with van der Waals surface area (Å²) < 4.78 is 13.0. The molecular formula is C20H23FN2O2. The Morgan fingerprint density at radius 1 is 1.24 bits per heavy atom. The van der Waals surface area contributed by atoms with Gasteiger partial charge in [-0.15, -0.1) is 0 Å². The van der Waals surface area contributed by atoms with Gasteiger partial charge in [-0.05, 0) is 56.0 Å². The molecule has 0 aliphatic heterocycles. The van der Waals surface area contributed by atoms with Crippen LogP contribution in [0.5, 0.6) is 0 Å². The molecule has 25 heavy (non-hydrogen) atoms. The van der Waals surface area contributed by atoms with Crippen molar-refractivity contribution in [3.05, 3.63) is 65.0 Å². The number of aryl methyl sites for hydroxylation is 2. The van der Waals surface area contributed by atoms with E-state index in [0.29, 0.717) is 5.56 Å². The second-order valence-corrected chi connectivity index (χ2v) is 6.70. The Morgan fingerprint density at radius 2 is 1.92 bits per heavy atom. The van der Waals surface area contributed by atoms with Crippen molar-refractivity contribution in [2.45, 2.75) is 38.8 Å². The van der Waals surface area contributed by atoms with Crippen molar-refractivity contribution in [2.24, 2.45) is 0 Å². The monoisotopic (exact) mass is 342 g/mol. The van der Waals surface area contributed by atoms with Crippen LogP contribution in [0.25, 0.3) is 0 Å². The van der Waals surface area contributed by atoms with Gasteiger partial charge in [-0.3, -0.25) is 0 Å². The first-order valence-corrected chi connectivity index (χ1v) is 8.52. The molecule has 4 nitrogen and oxygen atoms in total. The summed E-state index contributed by atoms with van der Waals surface area (Å²) in [4.78, 5) is 14.4. The van der Waals surface area contributed by atoms with E-state index in [0.717, 1.165) is 29.7 Å². The van der Waals surface area contributed by atoms with E-state index in [1.54, 1.807) is 17.0 Å². The van der Waals surface area contributed by atoms with E-state index in [-0.39, 0.29) is 24.4 Å². The highest BCUT2D eigenvalue weighted by Crippen LogP contribution is 2.30. The highest BCUT2D eigenvalue weighted by molar-refractivity contribution is 5.90. The third-order valence-corrected chi connectivity index (χ3v) is 4.50. The molecule has 1 fully saturated rings. The van der Waals surface area contributed by atoms with Crippen molar-refractivity contribution >= 4 is 11.7 Å². The smallest absolute Gasteiger partial charge is 0.322 e. The molecule has 0 bridgehead atoms. The molecule has 2 aromatic carbocycles. The summed E-state index contributed by atoms with van der Waals surface area (Å²) in [6.45, 7) is 4.15. The molecule has 1 saturated carbocycles. The molecule has 2 aromatic rings. The molecule has 132 valence electrons. The zero-order valence-electron chi connectivity index (χ0n) is 14.5. The topological polar surface area (TPSA) is 52.6 Å². The molecule has 1 aliphatic rings. The lowest BCUT2D eigenvalue weighted by Crippen LogP contribution is -2.39. The number of hydrogen-bond acceptors (Lipinski definition) is 2. The Balaban J connectivity index is 1.70. The van der Waals surface area contributed by atoms with Crippen LogP contribution in [0.3, 0.4) is 0 Å². The van der Waals surface area contributed by atoms with Crippen LogP contribution < -0.4 is 5.32 Å².